The number of carboxylic acids is 1. The molecule has 0 aromatic heterocycles. The lowest BCUT2D eigenvalue weighted by Crippen LogP contribution is -2.53. The Balaban J connectivity index is 1.85. The molecule has 3 unspecified atom stereocenters. The highest BCUT2D eigenvalue weighted by Crippen LogP contribution is 2.40. The number of carbonyl (C=O) groups is 2. The molecule has 138 valence electrons. The van der Waals surface area contributed by atoms with E-state index in [1.54, 1.807) is 4.90 Å². The number of carbonyl (C=O) groups excluding carboxylic acids is 1. The number of alkyl halides is 3. The quantitative estimate of drug-likeness (QED) is 0.846. The first-order chi connectivity index (χ1) is 11.2. The van der Waals surface area contributed by atoms with Crippen LogP contribution in [0, 0.1) is 11.8 Å². The maximum Gasteiger partial charge on any atom is 0.391 e. The average Bonchev–Trinajstić information content (AvgIpc) is 2.53. The summed E-state index contributed by atoms with van der Waals surface area (Å²) in [7, 11) is 0. The molecule has 1 saturated carbocycles. The minimum absolute atomic E-state index is 0.0455. The third kappa shape index (κ3) is 4.84. The summed E-state index contributed by atoms with van der Waals surface area (Å²) in [6, 6.07) is -0.107. The third-order valence-electron chi connectivity index (χ3n) is 5.21. The van der Waals surface area contributed by atoms with Crippen LogP contribution in [0.4, 0.5) is 13.2 Å². The highest BCUT2D eigenvalue weighted by molar-refractivity contribution is 5.79. The van der Waals surface area contributed by atoms with Gasteiger partial charge in [-0.1, -0.05) is 6.42 Å². The Kier molecular flexibility index (Phi) is 6.11. The maximum atomic E-state index is 12.9. The molecule has 3 atom stereocenters. The SMILES string of the molecule is CC(CC(=O)O)N1CCN(C(=O)C2CCCC(C(F)(F)F)C2)CC1. The Morgan fingerprint density at radius 1 is 1.17 bits per heavy atom. The Bertz CT molecular complexity index is 462. The van der Waals surface area contributed by atoms with E-state index in [1.807, 2.05) is 11.8 Å². The molecule has 2 rings (SSSR count). The lowest BCUT2D eigenvalue weighted by atomic mass is 9.80. The van der Waals surface area contributed by atoms with Crippen LogP contribution < -0.4 is 0 Å². The van der Waals surface area contributed by atoms with E-state index < -0.39 is 24.0 Å². The van der Waals surface area contributed by atoms with Gasteiger partial charge in [0.05, 0.1) is 12.3 Å². The molecule has 24 heavy (non-hydrogen) atoms. The molecule has 1 heterocycles. The number of piperazine rings is 1. The van der Waals surface area contributed by atoms with Crippen LogP contribution in [-0.2, 0) is 9.59 Å². The number of carboxylic acid groups (broad SMARTS) is 1. The Morgan fingerprint density at radius 3 is 2.33 bits per heavy atom. The standard InChI is InChI=1S/C16H25F3N2O3/c1-11(9-14(22)23)20-5-7-21(8-6-20)15(24)12-3-2-4-13(10-12)16(17,18)19/h11-13H,2-10H2,1H3,(H,22,23). The van der Waals surface area contributed by atoms with E-state index in [1.165, 1.54) is 0 Å². The zero-order chi connectivity index (χ0) is 17.9. The molecule has 0 aromatic carbocycles. The van der Waals surface area contributed by atoms with Crippen LogP contribution in [0.3, 0.4) is 0 Å². The van der Waals surface area contributed by atoms with Gasteiger partial charge in [0.25, 0.3) is 0 Å². The van der Waals surface area contributed by atoms with Gasteiger partial charge in [-0.15, -0.1) is 0 Å². The number of amides is 1. The van der Waals surface area contributed by atoms with Crippen molar-refractivity contribution in [3.05, 3.63) is 0 Å². The van der Waals surface area contributed by atoms with Gasteiger partial charge in [0.1, 0.15) is 0 Å². The van der Waals surface area contributed by atoms with Crippen molar-refractivity contribution in [3.63, 3.8) is 0 Å². The molecule has 2 aliphatic rings. The molecule has 1 aliphatic heterocycles. The summed E-state index contributed by atoms with van der Waals surface area (Å²) in [6.45, 7) is 3.87. The number of aliphatic carboxylic acids is 1. The van der Waals surface area contributed by atoms with Gasteiger partial charge < -0.3 is 10.0 Å². The molecule has 0 bridgehead atoms. The van der Waals surface area contributed by atoms with Gasteiger partial charge in [-0.3, -0.25) is 14.5 Å². The van der Waals surface area contributed by atoms with E-state index in [9.17, 15) is 22.8 Å². The van der Waals surface area contributed by atoms with E-state index in [-0.39, 0.29) is 31.2 Å². The number of hydrogen-bond donors (Lipinski definition) is 1. The molecular weight excluding hydrogens is 325 g/mol. The topological polar surface area (TPSA) is 60.9 Å². The summed E-state index contributed by atoms with van der Waals surface area (Å²) < 4.78 is 38.7. The number of nitrogens with zero attached hydrogens (tertiary/aromatic N) is 2. The average molecular weight is 350 g/mol. The summed E-state index contributed by atoms with van der Waals surface area (Å²) in [5, 5.41) is 8.83. The first-order valence-electron chi connectivity index (χ1n) is 8.50. The molecule has 1 amide bonds. The summed E-state index contributed by atoms with van der Waals surface area (Å²) in [5.74, 6) is -2.93. The van der Waals surface area contributed by atoms with Crippen molar-refractivity contribution in [2.45, 2.75) is 51.2 Å². The van der Waals surface area contributed by atoms with Crippen molar-refractivity contribution < 1.29 is 27.9 Å². The third-order valence-corrected chi connectivity index (χ3v) is 5.21. The van der Waals surface area contributed by atoms with Crippen molar-refractivity contribution >= 4 is 11.9 Å². The van der Waals surface area contributed by atoms with E-state index in [2.05, 4.69) is 0 Å². The lowest BCUT2D eigenvalue weighted by Gasteiger charge is -2.40. The zero-order valence-corrected chi connectivity index (χ0v) is 13.9. The van der Waals surface area contributed by atoms with Crippen molar-refractivity contribution in [1.82, 2.24) is 9.80 Å². The van der Waals surface area contributed by atoms with Crippen LogP contribution in [-0.4, -0.2) is 65.2 Å². The number of halogens is 3. The first kappa shape index (κ1) is 19.0. The fourth-order valence-corrected chi connectivity index (χ4v) is 3.73. The smallest absolute Gasteiger partial charge is 0.391 e. The molecule has 0 aromatic rings. The normalized spacial score (nSPS) is 27.8. The summed E-state index contributed by atoms with van der Waals surface area (Å²) in [6.07, 6.45) is -3.18. The Labute approximate surface area is 139 Å². The Hall–Kier alpha value is -1.31. The maximum absolute atomic E-state index is 12.9. The van der Waals surface area contributed by atoms with Gasteiger partial charge in [0.2, 0.25) is 5.91 Å². The van der Waals surface area contributed by atoms with E-state index in [0.29, 0.717) is 39.0 Å². The van der Waals surface area contributed by atoms with Gasteiger partial charge in [0.15, 0.2) is 0 Å². The Morgan fingerprint density at radius 2 is 1.79 bits per heavy atom. The monoisotopic (exact) mass is 350 g/mol. The molecule has 5 nitrogen and oxygen atoms in total. The van der Waals surface area contributed by atoms with Gasteiger partial charge in [-0.05, 0) is 26.2 Å². The second kappa shape index (κ2) is 7.72. The van der Waals surface area contributed by atoms with E-state index >= 15 is 0 Å². The van der Waals surface area contributed by atoms with Crippen LogP contribution in [0.25, 0.3) is 0 Å². The van der Waals surface area contributed by atoms with Gasteiger partial charge in [-0.25, -0.2) is 0 Å². The molecule has 0 radical (unpaired) electrons. The molecular formula is C16H25F3N2O3. The number of hydrogen-bond acceptors (Lipinski definition) is 3. The van der Waals surface area contributed by atoms with Crippen molar-refractivity contribution in [3.8, 4) is 0 Å². The fourth-order valence-electron chi connectivity index (χ4n) is 3.73. The highest BCUT2D eigenvalue weighted by atomic mass is 19.4. The van der Waals surface area contributed by atoms with Crippen LogP contribution in [0.2, 0.25) is 0 Å². The molecule has 1 saturated heterocycles. The van der Waals surface area contributed by atoms with Crippen LogP contribution in [0.5, 0.6) is 0 Å². The second-order valence-electron chi connectivity index (χ2n) is 6.91. The van der Waals surface area contributed by atoms with Crippen molar-refractivity contribution in [2.24, 2.45) is 11.8 Å². The minimum Gasteiger partial charge on any atom is -0.481 e. The first-order valence-corrected chi connectivity index (χ1v) is 8.50. The van der Waals surface area contributed by atoms with Crippen molar-refractivity contribution in [1.29, 1.82) is 0 Å². The highest BCUT2D eigenvalue weighted by Gasteiger charge is 2.44. The van der Waals surface area contributed by atoms with Gasteiger partial charge in [0, 0.05) is 38.1 Å². The summed E-state index contributed by atoms with van der Waals surface area (Å²) in [5.41, 5.74) is 0. The fraction of sp³-hybridized carbons (Fsp3) is 0.875. The molecule has 8 heteroatoms. The predicted octanol–water partition coefficient (Wildman–Crippen LogP) is 2.36. The van der Waals surface area contributed by atoms with Crippen LogP contribution in [0.1, 0.15) is 39.0 Å². The predicted molar refractivity (Wildman–Crippen MR) is 81.4 cm³/mol. The second-order valence-corrected chi connectivity index (χ2v) is 6.91. The van der Waals surface area contributed by atoms with Gasteiger partial charge >= 0.3 is 12.1 Å². The van der Waals surface area contributed by atoms with Crippen LogP contribution in [0.15, 0.2) is 0 Å². The summed E-state index contributed by atoms with van der Waals surface area (Å²) >= 11 is 0. The molecule has 1 N–H and O–H groups in total. The zero-order valence-electron chi connectivity index (χ0n) is 13.9. The largest absolute Gasteiger partial charge is 0.481 e. The van der Waals surface area contributed by atoms with Crippen LogP contribution >= 0.6 is 0 Å². The van der Waals surface area contributed by atoms with E-state index in [4.69, 9.17) is 5.11 Å². The molecule has 1 aliphatic carbocycles. The van der Waals surface area contributed by atoms with Gasteiger partial charge in [-0.2, -0.15) is 13.2 Å². The summed E-state index contributed by atoms with van der Waals surface area (Å²) in [4.78, 5) is 26.9. The molecule has 2 fully saturated rings. The van der Waals surface area contributed by atoms with Crippen molar-refractivity contribution in [2.75, 3.05) is 26.2 Å². The number of rotatable bonds is 4. The minimum atomic E-state index is -4.22. The molecule has 0 spiro atoms. The van der Waals surface area contributed by atoms with E-state index in [0.717, 1.165) is 0 Å². The lowest BCUT2D eigenvalue weighted by molar-refractivity contribution is -0.187.